The van der Waals surface area contributed by atoms with Crippen molar-refractivity contribution in [2.24, 2.45) is 0 Å². The van der Waals surface area contributed by atoms with E-state index in [2.05, 4.69) is 13.8 Å². The van der Waals surface area contributed by atoms with Gasteiger partial charge in [0.05, 0.1) is 13.2 Å². The molecule has 0 aliphatic rings. The highest BCUT2D eigenvalue weighted by atomic mass is 32.7. The molecular weight excluding hydrogens is 475 g/mol. The fourth-order valence-corrected chi connectivity index (χ4v) is 5.79. The summed E-state index contributed by atoms with van der Waals surface area (Å²) in [7, 11) is -1.65. The van der Waals surface area contributed by atoms with Crippen molar-refractivity contribution in [2.75, 3.05) is 32.2 Å². The van der Waals surface area contributed by atoms with Crippen molar-refractivity contribution in [1.82, 2.24) is 0 Å². The summed E-state index contributed by atoms with van der Waals surface area (Å²) in [6.07, 6.45) is 26.4. The lowest BCUT2D eigenvalue weighted by molar-refractivity contribution is -0.0373. The Morgan fingerprint density at radius 2 is 1.00 bits per heavy atom. The molecule has 4 nitrogen and oxygen atoms in total. The SMILES string of the molecule is CCCCCCCCCCCCOCC(CO[P](=O)SCC)OCCCCCCCCCCCC. The number of hydrogen-bond donors (Lipinski definition) is 0. The highest BCUT2D eigenvalue weighted by molar-refractivity contribution is 8.50. The van der Waals surface area contributed by atoms with Gasteiger partial charge in [0.2, 0.25) is 0 Å². The van der Waals surface area contributed by atoms with E-state index in [1.54, 1.807) is 0 Å². The highest BCUT2D eigenvalue weighted by Crippen LogP contribution is 2.38. The predicted molar refractivity (Wildman–Crippen MR) is 156 cm³/mol. The largest absolute Gasteiger partial charge is 0.379 e. The summed E-state index contributed by atoms with van der Waals surface area (Å²) in [6.45, 7) is 8.96. The minimum absolute atomic E-state index is 0.118. The molecule has 0 aliphatic heterocycles. The van der Waals surface area contributed by atoms with Crippen LogP contribution in [0.15, 0.2) is 0 Å². The zero-order valence-electron chi connectivity index (χ0n) is 23.7. The van der Waals surface area contributed by atoms with E-state index in [0.29, 0.717) is 13.2 Å². The second-order valence-corrected chi connectivity index (χ2v) is 13.1. The second kappa shape index (κ2) is 30.6. The van der Waals surface area contributed by atoms with Crippen LogP contribution in [0.5, 0.6) is 0 Å². The van der Waals surface area contributed by atoms with Crippen molar-refractivity contribution >= 4 is 18.6 Å². The Morgan fingerprint density at radius 1 is 0.571 bits per heavy atom. The predicted octanol–water partition coefficient (Wildman–Crippen LogP) is 10.7. The molecule has 0 rings (SSSR count). The van der Waals surface area contributed by atoms with E-state index in [-0.39, 0.29) is 6.10 Å². The third kappa shape index (κ3) is 28.7. The van der Waals surface area contributed by atoms with Crippen LogP contribution in [0, 0.1) is 0 Å². The summed E-state index contributed by atoms with van der Waals surface area (Å²) in [5.74, 6) is 0.800. The number of rotatable bonds is 30. The molecule has 0 aromatic carbocycles. The van der Waals surface area contributed by atoms with Crippen molar-refractivity contribution in [3.05, 3.63) is 0 Å². The van der Waals surface area contributed by atoms with E-state index < -0.39 is 7.23 Å². The van der Waals surface area contributed by atoms with Crippen molar-refractivity contribution in [3.8, 4) is 0 Å². The molecule has 2 atom stereocenters. The smallest absolute Gasteiger partial charge is 0.277 e. The second-order valence-electron chi connectivity index (χ2n) is 9.87. The summed E-state index contributed by atoms with van der Waals surface area (Å²) in [4.78, 5) is 0. The third-order valence-corrected chi connectivity index (χ3v) is 8.95. The van der Waals surface area contributed by atoms with Crippen LogP contribution >= 0.6 is 18.6 Å². The topological polar surface area (TPSA) is 44.8 Å². The van der Waals surface area contributed by atoms with E-state index in [1.165, 1.54) is 127 Å². The van der Waals surface area contributed by atoms with E-state index in [1.807, 2.05) is 6.92 Å². The van der Waals surface area contributed by atoms with Crippen molar-refractivity contribution in [1.29, 1.82) is 0 Å². The molecule has 6 heteroatoms. The molecule has 0 saturated heterocycles. The molecule has 35 heavy (non-hydrogen) atoms. The molecule has 0 fully saturated rings. The van der Waals surface area contributed by atoms with Crippen molar-refractivity contribution in [2.45, 2.75) is 155 Å². The summed E-state index contributed by atoms with van der Waals surface area (Å²) >= 11 is 1.36. The van der Waals surface area contributed by atoms with Crippen LogP contribution in [0.25, 0.3) is 0 Å². The van der Waals surface area contributed by atoms with Crippen molar-refractivity contribution in [3.63, 3.8) is 0 Å². The zero-order valence-corrected chi connectivity index (χ0v) is 25.5. The lowest BCUT2D eigenvalue weighted by Gasteiger charge is -2.18. The van der Waals surface area contributed by atoms with Gasteiger partial charge in [0.1, 0.15) is 6.10 Å². The van der Waals surface area contributed by atoms with Crippen LogP contribution in [0.2, 0.25) is 0 Å². The van der Waals surface area contributed by atoms with E-state index in [4.69, 9.17) is 14.0 Å². The van der Waals surface area contributed by atoms with Gasteiger partial charge in [-0.2, -0.15) is 0 Å². The Balaban J connectivity index is 3.79. The molecule has 0 heterocycles. The molecule has 0 saturated carbocycles. The molecule has 0 aromatic heterocycles. The molecule has 1 radical (unpaired) electrons. The van der Waals surface area contributed by atoms with Crippen LogP contribution in [0.1, 0.15) is 149 Å². The average Bonchev–Trinajstić information content (AvgIpc) is 2.86. The van der Waals surface area contributed by atoms with Gasteiger partial charge in [-0.3, -0.25) is 4.52 Å². The van der Waals surface area contributed by atoms with Gasteiger partial charge in [0.15, 0.2) is 0 Å². The summed E-state index contributed by atoms with van der Waals surface area (Å²) < 4.78 is 29.4. The van der Waals surface area contributed by atoms with E-state index in [0.717, 1.165) is 31.8 Å². The Kier molecular flexibility index (Phi) is 30.8. The summed E-state index contributed by atoms with van der Waals surface area (Å²) in [5, 5.41) is 0. The average molecular weight is 536 g/mol. The van der Waals surface area contributed by atoms with E-state index >= 15 is 0 Å². The van der Waals surface area contributed by atoms with Gasteiger partial charge < -0.3 is 9.47 Å². The Labute approximate surface area is 224 Å². The fourth-order valence-electron chi connectivity index (χ4n) is 4.18. The molecule has 2 unspecified atom stereocenters. The monoisotopic (exact) mass is 535 g/mol. The van der Waals surface area contributed by atoms with Crippen LogP contribution in [-0.4, -0.2) is 38.3 Å². The minimum atomic E-state index is -1.65. The number of unbranched alkanes of at least 4 members (excludes halogenated alkanes) is 18. The van der Waals surface area contributed by atoms with E-state index in [9.17, 15) is 4.57 Å². The third-order valence-electron chi connectivity index (χ3n) is 6.40. The normalized spacial score (nSPS) is 12.8. The maximum atomic E-state index is 11.9. The van der Waals surface area contributed by atoms with Gasteiger partial charge in [-0.05, 0) is 24.2 Å². The standard InChI is InChI=1S/C29H60O4PS/c1-4-7-9-11-13-15-17-19-21-23-25-31-27-29(28-33-34(30)35-6-3)32-26-24-22-20-18-16-14-12-10-8-5-2/h29H,4-28H2,1-3H3. The first-order valence-electron chi connectivity index (χ1n) is 15.2. The molecule has 211 valence electrons. The summed E-state index contributed by atoms with van der Waals surface area (Å²) in [6, 6.07) is 0. The maximum absolute atomic E-state index is 11.9. The minimum Gasteiger partial charge on any atom is -0.379 e. The fraction of sp³-hybridized carbons (Fsp3) is 1.00. The lowest BCUT2D eigenvalue weighted by Crippen LogP contribution is -2.25. The molecule has 0 amide bonds. The van der Waals surface area contributed by atoms with Gasteiger partial charge in [-0.15, -0.1) is 0 Å². The van der Waals surface area contributed by atoms with Crippen molar-refractivity contribution < 1.29 is 18.6 Å². The van der Waals surface area contributed by atoms with Crippen LogP contribution in [0.3, 0.4) is 0 Å². The van der Waals surface area contributed by atoms with Gasteiger partial charge in [0, 0.05) is 19.0 Å². The summed E-state index contributed by atoms with van der Waals surface area (Å²) in [5.41, 5.74) is 0. The molecular formula is C29H60O4PS. The van der Waals surface area contributed by atoms with Gasteiger partial charge >= 0.3 is 0 Å². The van der Waals surface area contributed by atoms with Gasteiger partial charge in [0.25, 0.3) is 7.23 Å². The molecule has 0 N–H and O–H groups in total. The first kappa shape index (κ1) is 35.3. The molecule has 0 spiro atoms. The molecule has 0 bridgehead atoms. The van der Waals surface area contributed by atoms with Gasteiger partial charge in [-0.1, -0.05) is 136 Å². The van der Waals surface area contributed by atoms with Crippen LogP contribution < -0.4 is 0 Å². The van der Waals surface area contributed by atoms with Gasteiger partial charge in [-0.25, -0.2) is 4.57 Å². The first-order valence-corrected chi connectivity index (χ1v) is 17.9. The quantitative estimate of drug-likeness (QED) is 0.0676. The number of hydrogen-bond acceptors (Lipinski definition) is 5. The Hall–Kier alpha value is 0.330. The van der Waals surface area contributed by atoms with Crippen LogP contribution in [-0.2, 0) is 18.6 Å². The molecule has 0 aromatic rings. The van der Waals surface area contributed by atoms with Crippen LogP contribution in [0.4, 0.5) is 0 Å². The zero-order chi connectivity index (χ0) is 25.7. The molecule has 0 aliphatic carbocycles. The highest BCUT2D eigenvalue weighted by Gasteiger charge is 2.13. The Bertz CT molecular complexity index is 425. The maximum Gasteiger partial charge on any atom is 0.277 e. The number of ether oxygens (including phenoxy) is 2. The lowest BCUT2D eigenvalue weighted by atomic mass is 10.1. The first-order chi connectivity index (χ1) is 17.2. The Morgan fingerprint density at radius 3 is 1.46 bits per heavy atom.